The van der Waals surface area contributed by atoms with Crippen molar-refractivity contribution in [3.63, 3.8) is 0 Å². The second-order valence-electron chi connectivity index (χ2n) is 8.10. The minimum Gasteiger partial charge on any atom is -0.494 e. The van der Waals surface area contributed by atoms with Crippen molar-refractivity contribution in [1.82, 2.24) is 4.90 Å². The summed E-state index contributed by atoms with van der Waals surface area (Å²) in [5.74, 6) is 0.409. The summed E-state index contributed by atoms with van der Waals surface area (Å²) < 4.78 is 29.2. The van der Waals surface area contributed by atoms with Crippen molar-refractivity contribution >= 4 is 21.4 Å². The maximum Gasteiger partial charge on any atom is 0.246 e. The Kier molecular flexibility index (Phi) is 8.25. The van der Waals surface area contributed by atoms with Crippen LogP contribution in [0.1, 0.15) is 23.6 Å². The fourth-order valence-electron chi connectivity index (χ4n) is 3.52. The zero-order valence-corrected chi connectivity index (χ0v) is 20.0. The van der Waals surface area contributed by atoms with E-state index in [1.54, 1.807) is 18.2 Å². The summed E-state index contributed by atoms with van der Waals surface area (Å²) >= 11 is 0. The smallest absolute Gasteiger partial charge is 0.246 e. The molecule has 7 heteroatoms. The summed E-state index contributed by atoms with van der Waals surface area (Å²) in [6.45, 7) is 3.02. The predicted molar refractivity (Wildman–Crippen MR) is 131 cm³/mol. The lowest BCUT2D eigenvalue weighted by molar-refractivity contribution is -0.121. The van der Waals surface area contributed by atoms with Gasteiger partial charge in [-0.1, -0.05) is 54.1 Å². The molecule has 0 spiro atoms. The maximum atomic E-state index is 13.2. The number of rotatable bonds is 10. The van der Waals surface area contributed by atoms with Crippen molar-refractivity contribution in [2.24, 2.45) is 0 Å². The molecule has 33 heavy (non-hydrogen) atoms. The van der Waals surface area contributed by atoms with Crippen LogP contribution in [0.15, 0.2) is 83.8 Å². The van der Waals surface area contributed by atoms with Crippen LogP contribution in [0.5, 0.6) is 5.75 Å². The molecule has 0 radical (unpaired) electrons. The van der Waals surface area contributed by atoms with Crippen molar-refractivity contribution in [3.05, 3.63) is 90.0 Å². The maximum absolute atomic E-state index is 13.2. The Morgan fingerprint density at radius 3 is 2.36 bits per heavy atom. The van der Waals surface area contributed by atoms with Crippen LogP contribution in [-0.4, -0.2) is 45.7 Å². The Balaban J connectivity index is 1.62. The molecule has 0 saturated heterocycles. The molecule has 0 fully saturated rings. The van der Waals surface area contributed by atoms with Gasteiger partial charge in [0, 0.05) is 18.5 Å². The molecular weight excluding hydrogens is 436 g/mol. The van der Waals surface area contributed by atoms with Gasteiger partial charge in [0.1, 0.15) is 11.8 Å². The van der Waals surface area contributed by atoms with E-state index < -0.39 is 15.9 Å². The number of carbonyl (C=O) groups excluding carboxylic acids is 1. The number of hydrogen-bond donors (Lipinski definition) is 1. The molecule has 0 bridgehead atoms. The Bertz CT molecular complexity index is 1160. The summed E-state index contributed by atoms with van der Waals surface area (Å²) in [6, 6.07) is 23.4. The first-order chi connectivity index (χ1) is 15.7. The molecule has 1 atom stereocenters. The summed E-state index contributed by atoms with van der Waals surface area (Å²) in [6.07, 6.45) is 1.84. The van der Waals surface area contributed by atoms with E-state index in [1.165, 1.54) is 12.3 Å². The Labute approximate surface area is 196 Å². The third kappa shape index (κ3) is 7.17. The predicted octanol–water partition coefficient (Wildman–Crippen LogP) is 4.48. The molecule has 174 valence electrons. The number of ether oxygens (including phenoxy) is 1. The van der Waals surface area contributed by atoms with Gasteiger partial charge in [0.25, 0.3) is 0 Å². The monoisotopic (exact) mass is 466 g/mol. The Morgan fingerprint density at radius 1 is 1.00 bits per heavy atom. The van der Waals surface area contributed by atoms with E-state index >= 15 is 0 Å². The fourth-order valence-corrected chi connectivity index (χ4v) is 4.17. The van der Waals surface area contributed by atoms with Gasteiger partial charge >= 0.3 is 0 Å². The van der Waals surface area contributed by atoms with Crippen LogP contribution in [0, 0.1) is 6.92 Å². The standard InChI is InChI=1S/C26H30N2O4S/c1-20-13-15-22(16-14-20)27-26(29)25(21-9-5-4-6-10-21)28(2)17-8-18-32-23-11-7-12-24(19-23)33(3,30)31/h4-7,9-16,19,25H,8,17-18H2,1-3H3,(H,27,29). The van der Waals surface area contributed by atoms with Gasteiger partial charge in [0.15, 0.2) is 9.84 Å². The number of nitrogens with zero attached hydrogens (tertiary/aromatic N) is 1. The molecule has 0 saturated carbocycles. The molecule has 3 rings (SSSR count). The minimum atomic E-state index is -3.28. The van der Waals surface area contributed by atoms with E-state index in [4.69, 9.17) is 4.74 Å². The summed E-state index contributed by atoms with van der Waals surface area (Å²) in [5.41, 5.74) is 2.80. The van der Waals surface area contributed by atoms with Crippen LogP contribution >= 0.6 is 0 Å². The number of aryl methyl sites for hydroxylation is 1. The highest BCUT2D eigenvalue weighted by molar-refractivity contribution is 7.90. The normalized spacial score (nSPS) is 12.4. The SMILES string of the molecule is Cc1ccc(NC(=O)C(c2ccccc2)N(C)CCCOc2cccc(S(C)(=O)=O)c2)cc1. The van der Waals surface area contributed by atoms with E-state index in [0.29, 0.717) is 25.3 Å². The molecular formula is C26H30N2O4S. The quantitative estimate of drug-likeness (QED) is 0.446. The van der Waals surface area contributed by atoms with Gasteiger partial charge < -0.3 is 10.1 Å². The van der Waals surface area contributed by atoms with Crippen molar-refractivity contribution in [2.75, 3.05) is 31.8 Å². The molecule has 1 unspecified atom stereocenters. The fraction of sp³-hybridized carbons (Fsp3) is 0.269. The van der Waals surface area contributed by atoms with Gasteiger partial charge in [-0.25, -0.2) is 8.42 Å². The summed E-state index contributed by atoms with van der Waals surface area (Å²) in [7, 11) is -1.37. The van der Waals surface area contributed by atoms with Gasteiger partial charge in [0.2, 0.25) is 5.91 Å². The Morgan fingerprint density at radius 2 is 1.70 bits per heavy atom. The van der Waals surface area contributed by atoms with Gasteiger partial charge in [-0.05, 0) is 56.3 Å². The molecule has 0 aliphatic heterocycles. The molecule has 0 aromatic heterocycles. The second kappa shape index (κ2) is 11.1. The lowest BCUT2D eigenvalue weighted by atomic mass is 10.0. The van der Waals surface area contributed by atoms with Crippen molar-refractivity contribution < 1.29 is 17.9 Å². The van der Waals surface area contributed by atoms with Crippen LogP contribution < -0.4 is 10.1 Å². The van der Waals surface area contributed by atoms with Crippen molar-refractivity contribution in [3.8, 4) is 5.75 Å². The van der Waals surface area contributed by atoms with Gasteiger partial charge in [-0.3, -0.25) is 9.69 Å². The van der Waals surface area contributed by atoms with Crippen LogP contribution in [0.4, 0.5) is 5.69 Å². The number of likely N-dealkylation sites (N-methyl/N-ethyl adjacent to an activating group) is 1. The van der Waals surface area contributed by atoms with Crippen molar-refractivity contribution in [1.29, 1.82) is 0 Å². The molecule has 0 heterocycles. The van der Waals surface area contributed by atoms with Crippen LogP contribution in [-0.2, 0) is 14.6 Å². The van der Waals surface area contributed by atoms with Crippen LogP contribution in [0.3, 0.4) is 0 Å². The number of carbonyl (C=O) groups is 1. The first kappa shape index (κ1) is 24.5. The van der Waals surface area contributed by atoms with E-state index in [0.717, 1.165) is 16.8 Å². The Hall–Kier alpha value is -3.16. The number of sulfone groups is 1. The van der Waals surface area contributed by atoms with Gasteiger partial charge in [-0.15, -0.1) is 0 Å². The van der Waals surface area contributed by atoms with E-state index in [-0.39, 0.29) is 10.8 Å². The first-order valence-corrected chi connectivity index (χ1v) is 12.7. The third-order valence-electron chi connectivity index (χ3n) is 5.28. The highest BCUT2D eigenvalue weighted by Crippen LogP contribution is 2.23. The van der Waals surface area contributed by atoms with Crippen LogP contribution in [0.25, 0.3) is 0 Å². The van der Waals surface area contributed by atoms with Gasteiger partial charge in [0.05, 0.1) is 11.5 Å². The highest BCUT2D eigenvalue weighted by Gasteiger charge is 2.25. The summed E-state index contributed by atoms with van der Waals surface area (Å²) in [5, 5.41) is 3.02. The molecule has 3 aromatic carbocycles. The van der Waals surface area contributed by atoms with E-state index in [2.05, 4.69) is 5.32 Å². The molecule has 0 aliphatic carbocycles. The minimum absolute atomic E-state index is 0.102. The van der Waals surface area contributed by atoms with Crippen LogP contribution in [0.2, 0.25) is 0 Å². The topological polar surface area (TPSA) is 75.7 Å². The van der Waals surface area contributed by atoms with Crippen molar-refractivity contribution in [2.45, 2.75) is 24.3 Å². The second-order valence-corrected chi connectivity index (χ2v) is 10.1. The third-order valence-corrected chi connectivity index (χ3v) is 6.39. The molecule has 6 nitrogen and oxygen atoms in total. The average molecular weight is 467 g/mol. The number of hydrogen-bond acceptors (Lipinski definition) is 5. The molecule has 0 aliphatic rings. The first-order valence-electron chi connectivity index (χ1n) is 10.8. The number of anilines is 1. The number of benzene rings is 3. The zero-order chi connectivity index (χ0) is 23.8. The van der Waals surface area contributed by atoms with E-state index in [9.17, 15) is 13.2 Å². The number of amides is 1. The molecule has 1 N–H and O–H groups in total. The average Bonchev–Trinajstić information content (AvgIpc) is 2.79. The van der Waals surface area contributed by atoms with Gasteiger partial charge in [-0.2, -0.15) is 0 Å². The molecule has 3 aromatic rings. The zero-order valence-electron chi connectivity index (χ0n) is 19.2. The summed E-state index contributed by atoms with van der Waals surface area (Å²) in [4.78, 5) is 15.4. The highest BCUT2D eigenvalue weighted by atomic mass is 32.2. The lowest BCUT2D eigenvalue weighted by Crippen LogP contribution is -2.35. The lowest BCUT2D eigenvalue weighted by Gasteiger charge is -2.27. The molecule has 1 amide bonds. The van der Waals surface area contributed by atoms with E-state index in [1.807, 2.05) is 73.5 Å². The largest absolute Gasteiger partial charge is 0.494 e. The number of nitrogens with one attached hydrogen (secondary N) is 1.